The molecule has 0 aliphatic heterocycles. The standard InChI is InChI=1S/C19H23F2NO3/c1-25-18(23)10-12-22(11-9-14-5-3-2-4-6-14)19(24)15-7-8-16(20)17(21)13-15/h5,7-8,13H,2-4,6,9-12H2,1H3. The van der Waals surface area contributed by atoms with E-state index in [2.05, 4.69) is 10.8 Å². The maximum absolute atomic E-state index is 13.4. The molecule has 0 atom stereocenters. The van der Waals surface area contributed by atoms with Crippen molar-refractivity contribution in [3.05, 3.63) is 47.0 Å². The van der Waals surface area contributed by atoms with Gasteiger partial charge in [-0.3, -0.25) is 9.59 Å². The van der Waals surface area contributed by atoms with E-state index in [0.717, 1.165) is 37.8 Å². The summed E-state index contributed by atoms with van der Waals surface area (Å²) in [4.78, 5) is 25.5. The van der Waals surface area contributed by atoms with Crippen LogP contribution in [0.4, 0.5) is 8.78 Å². The van der Waals surface area contributed by atoms with E-state index in [1.165, 1.54) is 30.1 Å². The van der Waals surface area contributed by atoms with Gasteiger partial charge in [-0.1, -0.05) is 11.6 Å². The van der Waals surface area contributed by atoms with Gasteiger partial charge in [0.15, 0.2) is 11.6 Å². The van der Waals surface area contributed by atoms with Gasteiger partial charge >= 0.3 is 5.97 Å². The highest BCUT2D eigenvalue weighted by atomic mass is 19.2. The zero-order valence-corrected chi connectivity index (χ0v) is 14.4. The molecule has 1 aromatic rings. The minimum absolute atomic E-state index is 0.0605. The third-order valence-corrected chi connectivity index (χ3v) is 4.36. The second-order valence-electron chi connectivity index (χ2n) is 6.11. The maximum Gasteiger partial charge on any atom is 0.307 e. The number of hydrogen-bond donors (Lipinski definition) is 0. The summed E-state index contributed by atoms with van der Waals surface area (Å²) in [5.41, 5.74) is 1.37. The average Bonchev–Trinajstić information content (AvgIpc) is 2.64. The fourth-order valence-electron chi connectivity index (χ4n) is 2.87. The van der Waals surface area contributed by atoms with E-state index in [4.69, 9.17) is 0 Å². The van der Waals surface area contributed by atoms with Crippen LogP contribution in [0.2, 0.25) is 0 Å². The minimum atomic E-state index is -1.06. The molecule has 0 unspecified atom stereocenters. The number of halogens is 2. The summed E-state index contributed by atoms with van der Waals surface area (Å²) in [7, 11) is 1.29. The van der Waals surface area contributed by atoms with Crippen LogP contribution in [0, 0.1) is 11.6 Å². The Morgan fingerprint density at radius 2 is 1.96 bits per heavy atom. The average molecular weight is 351 g/mol. The van der Waals surface area contributed by atoms with Crippen LogP contribution in [-0.4, -0.2) is 37.0 Å². The quantitative estimate of drug-likeness (QED) is 0.554. The van der Waals surface area contributed by atoms with Gasteiger partial charge in [0, 0.05) is 18.7 Å². The molecule has 0 saturated carbocycles. The molecule has 1 amide bonds. The normalized spacial score (nSPS) is 14.0. The second kappa shape index (κ2) is 9.30. The molecule has 1 aliphatic rings. The second-order valence-corrected chi connectivity index (χ2v) is 6.11. The fourth-order valence-corrected chi connectivity index (χ4v) is 2.87. The van der Waals surface area contributed by atoms with E-state index < -0.39 is 23.5 Å². The SMILES string of the molecule is COC(=O)CCN(CCC1=CCCCC1)C(=O)c1ccc(F)c(F)c1. The zero-order valence-electron chi connectivity index (χ0n) is 14.4. The number of carbonyl (C=O) groups excluding carboxylic acids is 2. The first-order valence-electron chi connectivity index (χ1n) is 8.50. The highest BCUT2D eigenvalue weighted by Crippen LogP contribution is 2.21. The van der Waals surface area contributed by atoms with Gasteiger partial charge < -0.3 is 9.64 Å². The number of allylic oxidation sites excluding steroid dienone is 1. The van der Waals surface area contributed by atoms with Crippen LogP contribution >= 0.6 is 0 Å². The predicted octanol–water partition coefficient (Wildman–Crippen LogP) is 3.86. The largest absolute Gasteiger partial charge is 0.469 e. The van der Waals surface area contributed by atoms with Crippen molar-refractivity contribution in [1.29, 1.82) is 0 Å². The molecule has 0 N–H and O–H groups in total. The first kappa shape index (κ1) is 19.1. The number of hydrogen-bond acceptors (Lipinski definition) is 3. The van der Waals surface area contributed by atoms with Gasteiger partial charge in [0.25, 0.3) is 5.91 Å². The Hall–Kier alpha value is -2.24. The predicted molar refractivity (Wildman–Crippen MR) is 90.1 cm³/mol. The van der Waals surface area contributed by atoms with Gasteiger partial charge in [0.2, 0.25) is 0 Å². The van der Waals surface area contributed by atoms with Crippen LogP contribution in [0.15, 0.2) is 29.8 Å². The van der Waals surface area contributed by atoms with Crippen molar-refractivity contribution >= 4 is 11.9 Å². The lowest BCUT2D eigenvalue weighted by Gasteiger charge is -2.24. The molecule has 6 heteroatoms. The maximum atomic E-state index is 13.4. The van der Waals surface area contributed by atoms with E-state index in [1.54, 1.807) is 0 Å². The lowest BCUT2D eigenvalue weighted by molar-refractivity contribution is -0.140. The number of esters is 1. The summed E-state index contributed by atoms with van der Waals surface area (Å²) in [6, 6.07) is 3.08. The van der Waals surface area contributed by atoms with Gasteiger partial charge in [0.1, 0.15) is 0 Å². The van der Waals surface area contributed by atoms with Crippen molar-refractivity contribution in [3.8, 4) is 0 Å². The molecule has 0 spiro atoms. The molecule has 0 bridgehead atoms. The van der Waals surface area contributed by atoms with Crippen molar-refractivity contribution in [2.45, 2.75) is 38.5 Å². The Morgan fingerprint density at radius 3 is 2.60 bits per heavy atom. The molecule has 1 aromatic carbocycles. The smallest absolute Gasteiger partial charge is 0.307 e. The van der Waals surface area contributed by atoms with Crippen LogP contribution in [0.3, 0.4) is 0 Å². The van der Waals surface area contributed by atoms with Gasteiger partial charge in [-0.15, -0.1) is 0 Å². The summed E-state index contributed by atoms with van der Waals surface area (Å²) in [6.45, 7) is 0.610. The van der Waals surface area contributed by atoms with E-state index in [9.17, 15) is 18.4 Å². The van der Waals surface area contributed by atoms with Crippen LogP contribution in [0.5, 0.6) is 0 Å². The summed E-state index contributed by atoms with van der Waals surface area (Å²) in [5, 5.41) is 0. The molecule has 136 valence electrons. The van der Waals surface area contributed by atoms with Crippen molar-refractivity contribution in [3.63, 3.8) is 0 Å². The molecule has 0 aromatic heterocycles. The van der Waals surface area contributed by atoms with Gasteiger partial charge in [-0.05, 0) is 50.3 Å². The van der Waals surface area contributed by atoms with Crippen LogP contribution in [0.1, 0.15) is 48.9 Å². The summed E-state index contributed by atoms with van der Waals surface area (Å²) >= 11 is 0. The zero-order chi connectivity index (χ0) is 18.2. The van der Waals surface area contributed by atoms with E-state index >= 15 is 0 Å². The monoisotopic (exact) mass is 351 g/mol. The highest BCUT2D eigenvalue weighted by molar-refractivity contribution is 5.94. The molecule has 0 radical (unpaired) electrons. The summed E-state index contributed by atoms with van der Waals surface area (Å²) in [5.74, 6) is -2.89. The molecule has 2 rings (SSSR count). The number of methoxy groups -OCH3 is 1. The van der Waals surface area contributed by atoms with Gasteiger partial charge in [-0.2, -0.15) is 0 Å². The number of amides is 1. The van der Waals surface area contributed by atoms with Crippen molar-refractivity contribution in [1.82, 2.24) is 4.90 Å². The van der Waals surface area contributed by atoms with Crippen molar-refractivity contribution in [2.24, 2.45) is 0 Å². The highest BCUT2D eigenvalue weighted by Gasteiger charge is 2.19. The van der Waals surface area contributed by atoms with Crippen molar-refractivity contribution in [2.75, 3.05) is 20.2 Å². The van der Waals surface area contributed by atoms with E-state index in [1.807, 2.05) is 0 Å². The summed E-state index contributed by atoms with van der Waals surface area (Å²) < 4.78 is 31.1. The lowest BCUT2D eigenvalue weighted by atomic mass is 9.97. The number of rotatable bonds is 7. The van der Waals surface area contributed by atoms with Gasteiger partial charge in [0.05, 0.1) is 13.5 Å². The number of nitrogens with zero attached hydrogens (tertiary/aromatic N) is 1. The van der Waals surface area contributed by atoms with Gasteiger partial charge in [-0.25, -0.2) is 8.78 Å². The molecule has 0 saturated heterocycles. The van der Waals surface area contributed by atoms with E-state index in [-0.39, 0.29) is 18.5 Å². The molecule has 0 heterocycles. The molecule has 0 fully saturated rings. The summed E-state index contributed by atoms with van der Waals surface area (Å²) in [6.07, 6.45) is 7.37. The molecule has 25 heavy (non-hydrogen) atoms. The molecule has 4 nitrogen and oxygen atoms in total. The van der Waals surface area contributed by atoms with Crippen LogP contribution in [0.25, 0.3) is 0 Å². The molecular formula is C19H23F2NO3. The van der Waals surface area contributed by atoms with Crippen LogP contribution in [-0.2, 0) is 9.53 Å². The Morgan fingerprint density at radius 1 is 1.16 bits per heavy atom. The number of carbonyl (C=O) groups is 2. The van der Waals surface area contributed by atoms with Crippen molar-refractivity contribution < 1.29 is 23.1 Å². The Labute approximate surface area is 146 Å². The fraction of sp³-hybridized carbons (Fsp3) is 0.474. The third kappa shape index (κ3) is 5.66. The number of benzene rings is 1. The molecule has 1 aliphatic carbocycles. The first-order chi connectivity index (χ1) is 12.0. The lowest BCUT2D eigenvalue weighted by Crippen LogP contribution is -2.34. The Bertz CT molecular complexity index is 658. The third-order valence-electron chi connectivity index (χ3n) is 4.36. The Kier molecular flexibility index (Phi) is 7.10. The molecular weight excluding hydrogens is 328 g/mol. The first-order valence-corrected chi connectivity index (χ1v) is 8.50. The number of ether oxygens (including phenoxy) is 1. The van der Waals surface area contributed by atoms with Crippen LogP contribution < -0.4 is 0 Å². The van der Waals surface area contributed by atoms with E-state index in [0.29, 0.717) is 6.54 Å². The minimum Gasteiger partial charge on any atom is -0.469 e. The topological polar surface area (TPSA) is 46.6 Å². The Balaban J connectivity index is 2.08.